The molecular formula is C12H19O6P. The summed E-state index contributed by atoms with van der Waals surface area (Å²) < 4.78 is 27.2. The molecule has 0 N–H and O–H groups in total. The third-order valence-corrected chi connectivity index (χ3v) is 4.06. The van der Waals surface area contributed by atoms with Crippen molar-refractivity contribution in [3.05, 3.63) is 12.2 Å². The topological polar surface area (TPSA) is 78.9 Å². The zero-order valence-electron chi connectivity index (χ0n) is 11.5. The van der Waals surface area contributed by atoms with Crippen LogP contribution in [0, 0.1) is 0 Å². The molecule has 0 radical (unpaired) electrons. The molecule has 1 unspecified atom stereocenters. The Morgan fingerprint density at radius 2 is 1.84 bits per heavy atom. The molecule has 0 fully saturated rings. The number of carbonyl (C=O) groups is 2. The van der Waals surface area contributed by atoms with Crippen LogP contribution in [-0.2, 0) is 28.4 Å². The van der Waals surface area contributed by atoms with E-state index in [-0.39, 0.29) is 12.1 Å². The van der Waals surface area contributed by atoms with E-state index < -0.39 is 25.1 Å². The van der Waals surface area contributed by atoms with Crippen molar-refractivity contribution in [2.75, 3.05) is 20.4 Å². The molecule has 108 valence electrons. The third-order valence-electron chi connectivity index (χ3n) is 2.59. The van der Waals surface area contributed by atoms with Gasteiger partial charge in [-0.25, -0.2) is 4.79 Å². The summed E-state index contributed by atoms with van der Waals surface area (Å²) in [5.74, 6) is -2.13. The lowest BCUT2D eigenvalue weighted by molar-refractivity contribution is -0.152. The molecule has 1 aliphatic carbocycles. The van der Waals surface area contributed by atoms with E-state index in [1.54, 1.807) is 12.2 Å². The maximum atomic E-state index is 12.0. The second-order valence-corrected chi connectivity index (χ2v) is 8.09. The van der Waals surface area contributed by atoms with E-state index in [2.05, 4.69) is 4.74 Å². The van der Waals surface area contributed by atoms with Gasteiger partial charge in [0.25, 0.3) is 0 Å². The Bertz CT molecular complexity index is 424. The smallest absolute Gasteiger partial charge is 0.342 e. The van der Waals surface area contributed by atoms with Gasteiger partial charge >= 0.3 is 11.9 Å². The first-order valence-electron chi connectivity index (χ1n) is 5.87. The van der Waals surface area contributed by atoms with Gasteiger partial charge in [0.1, 0.15) is 13.2 Å². The van der Waals surface area contributed by atoms with Crippen molar-refractivity contribution in [2.24, 2.45) is 0 Å². The van der Waals surface area contributed by atoms with Gasteiger partial charge in [-0.1, -0.05) is 6.08 Å². The summed E-state index contributed by atoms with van der Waals surface area (Å²) in [5.41, 5.74) is 0. The summed E-state index contributed by atoms with van der Waals surface area (Å²) in [6.07, 6.45) is 3.01. The maximum absolute atomic E-state index is 12.0. The molecule has 0 aliphatic heterocycles. The molecule has 1 aliphatic rings. The molecule has 0 heterocycles. The van der Waals surface area contributed by atoms with Crippen molar-refractivity contribution < 1.29 is 28.4 Å². The SMILES string of the molecule is COC(=O)C(O[C@@H]1C=C[C@H](OC(C)=O)C1)P(C)(C)=O. The molecule has 6 nitrogen and oxygen atoms in total. The highest BCUT2D eigenvalue weighted by molar-refractivity contribution is 7.63. The number of hydrogen-bond donors (Lipinski definition) is 0. The zero-order chi connectivity index (χ0) is 14.6. The van der Waals surface area contributed by atoms with Gasteiger partial charge in [-0.15, -0.1) is 0 Å². The van der Waals surface area contributed by atoms with Crippen LogP contribution >= 0.6 is 7.14 Å². The van der Waals surface area contributed by atoms with Crippen molar-refractivity contribution in [1.29, 1.82) is 0 Å². The average molecular weight is 290 g/mol. The van der Waals surface area contributed by atoms with Gasteiger partial charge in [0.2, 0.25) is 5.85 Å². The summed E-state index contributed by atoms with van der Waals surface area (Å²) in [7, 11) is -1.56. The van der Waals surface area contributed by atoms with Crippen LogP contribution in [0.15, 0.2) is 12.2 Å². The Kier molecular flexibility index (Phi) is 5.32. The monoisotopic (exact) mass is 290 g/mol. The lowest BCUT2D eigenvalue weighted by atomic mass is 10.3. The van der Waals surface area contributed by atoms with Gasteiger partial charge in [-0.3, -0.25) is 4.79 Å². The summed E-state index contributed by atoms with van der Waals surface area (Å²) in [4.78, 5) is 22.4. The van der Waals surface area contributed by atoms with Crippen molar-refractivity contribution in [1.82, 2.24) is 0 Å². The second kappa shape index (κ2) is 6.35. The van der Waals surface area contributed by atoms with Crippen molar-refractivity contribution in [3.63, 3.8) is 0 Å². The van der Waals surface area contributed by atoms with Crippen LogP contribution < -0.4 is 0 Å². The van der Waals surface area contributed by atoms with Crippen molar-refractivity contribution in [3.8, 4) is 0 Å². The average Bonchev–Trinajstić information content (AvgIpc) is 2.70. The van der Waals surface area contributed by atoms with Crippen LogP contribution in [0.4, 0.5) is 0 Å². The van der Waals surface area contributed by atoms with Gasteiger partial charge in [-0.05, 0) is 19.4 Å². The molecule has 0 saturated carbocycles. The lowest BCUT2D eigenvalue weighted by Crippen LogP contribution is -2.29. The van der Waals surface area contributed by atoms with Gasteiger partial charge < -0.3 is 18.8 Å². The summed E-state index contributed by atoms with van der Waals surface area (Å²) in [6.45, 7) is 4.26. The zero-order valence-corrected chi connectivity index (χ0v) is 12.4. The molecule has 3 atom stereocenters. The number of carbonyl (C=O) groups excluding carboxylic acids is 2. The number of esters is 2. The highest BCUT2D eigenvalue weighted by Gasteiger charge is 2.36. The summed E-state index contributed by atoms with van der Waals surface area (Å²) in [6, 6.07) is 0. The molecule has 0 aromatic rings. The van der Waals surface area contributed by atoms with Gasteiger partial charge in [0, 0.05) is 13.3 Å². The Hall–Kier alpha value is -1.13. The van der Waals surface area contributed by atoms with Crippen LogP contribution in [0.1, 0.15) is 13.3 Å². The predicted octanol–water partition coefficient (Wildman–Crippen LogP) is 1.38. The molecule has 19 heavy (non-hydrogen) atoms. The normalized spacial score (nSPS) is 24.0. The van der Waals surface area contributed by atoms with E-state index in [0.29, 0.717) is 6.42 Å². The molecule has 0 bridgehead atoms. The van der Waals surface area contributed by atoms with Crippen LogP contribution in [0.2, 0.25) is 0 Å². The predicted molar refractivity (Wildman–Crippen MR) is 69.4 cm³/mol. The Morgan fingerprint density at radius 3 is 2.32 bits per heavy atom. The standard InChI is InChI=1S/C12H19O6P/c1-8(13)17-9-5-6-10(7-9)18-12(11(14)16-2)19(3,4)15/h5-6,9-10,12H,7H2,1-4H3/t9-,10+,12?/m0/s1. The van der Waals surface area contributed by atoms with E-state index in [4.69, 9.17) is 9.47 Å². The lowest BCUT2D eigenvalue weighted by Gasteiger charge is -2.23. The first-order chi connectivity index (χ1) is 8.74. The highest BCUT2D eigenvalue weighted by Crippen LogP contribution is 2.44. The highest BCUT2D eigenvalue weighted by atomic mass is 31.2. The first-order valence-corrected chi connectivity index (χ1v) is 8.54. The molecule has 0 saturated heterocycles. The fraction of sp³-hybridized carbons (Fsp3) is 0.667. The largest absolute Gasteiger partial charge is 0.467 e. The summed E-state index contributed by atoms with van der Waals surface area (Å²) >= 11 is 0. The minimum absolute atomic E-state index is 0.367. The van der Waals surface area contributed by atoms with E-state index >= 15 is 0 Å². The number of hydrogen-bond acceptors (Lipinski definition) is 6. The van der Waals surface area contributed by atoms with Crippen LogP contribution in [0.25, 0.3) is 0 Å². The fourth-order valence-corrected chi connectivity index (χ4v) is 2.82. The van der Waals surface area contributed by atoms with E-state index in [0.717, 1.165) is 0 Å². The van der Waals surface area contributed by atoms with E-state index in [1.165, 1.54) is 27.4 Å². The number of methoxy groups -OCH3 is 1. The minimum Gasteiger partial charge on any atom is -0.467 e. The van der Waals surface area contributed by atoms with Gasteiger partial charge in [-0.2, -0.15) is 0 Å². The summed E-state index contributed by atoms with van der Waals surface area (Å²) in [5, 5.41) is 0. The Balaban J connectivity index is 2.63. The third kappa shape index (κ3) is 4.80. The van der Waals surface area contributed by atoms with Gasteiger partial charge in [0.15, 0.2) is 0 Å². The van der Waals surface area contributed by atoms with Gasteiger partial charge in [0.05, 0.1) is 13.2 Å². The number of rotatable bonds is 5. The quantitative estimate of drug-likeness (QED) is 0.432. The fourth-order valence-electron chi connectivity index (χ4n) is 1.76. The van der Waals surface area contributed by atoms with E-state index in [9.17, 15) is 14.2 Å². The molecule has 0 aromatic carbocycles. The number of ether oxygens (including phenoxy) is 3. The molecule has 0 aromatic heterocycles. The van der Waals surface area contributed by atoms with E-state index in [1.807, 2.05) is 0 Å². The maximum Gasteiger partial charge on any atom is 0.342 e. The van der Waals surface area contributed by atoms with Crippen LogP contribution in [-0.4, -0.2) is 50.4 Å². The van der Waals surface area contributed by atoms with Crippen molar-refractivity contribution in [2.45, 2.75) is 31.4 Å². The minimum atomic E-state index is -2.79. The van der Waals surface area contributed by atoms with Crippen molar-refractivity contribution >= 4 is 19.1 Å². The Morgan fingerprint density at radius 1 is 1.26 bits per heavy atom. The molecule has 0 amide bonds. The second-order valence-electron chi connectivity index (χ2n) is 4.75. The van der Waals surface area contributed by atoms with Crippen LogP contribution in [0.3, 0.4) is 0 Å². The molecular weight excluding hydrogens is 271 g/mol. The first kappa shape index (κ1) is 15.9. The Labute approximate surface area is 112 Å². The molecule has 1 rings (SSSR count). The molecule has 7 heteroatoms. The molecule has 0 spiro atoms. The van der Waals surface area contributed by atoms with Crippen LogP contribution in [0.5, 0.6) is 0 Å².